The molecule has 3 aromatic rings. The number of fused-ring (bicyclic) bond motifs is 3. The SMILES string of the molecule is Cc1nc2c3c(nn2c(C)c1Cl)CN(C(=O)c1ccc(F)cc1OC1CC(CN(C)C)C1)C3. The van der Waals surface area contributed by atoms with E-state index in [4.69, 9.17) is 16.3 Å². The minimum Gasteiger partial charge on any atom is -0.489 e. The van der Waals surface area contributed by atoms with Crippen LogP contribution in [-0.2, 0) is 13.1 Å². The fourth-order valence-corrected chi connectivity index (χ4v) is 4.94. The Labute approximate surface area is 197 Å². The highest BCUT2D eigenvalue weighted by molar-refractivity contribution is 6.31. The van der Waals surface area contributed by atoms with E-state index in [2.05, 4.69) is 29.1 Å². The van der Waals surface area contributed by atoms with Gasteiger partial charge in [0.05, 0.1) is 46.9 Å². The second-order valence-electron chi connectivity index (χ2n) is 9.40. The van der Waals surface area contributed by atoms with Gasteiger partial charge in [-0.15, -0.1) is 0 Å². The third-order valence-corrected chi connectivity index (χ3v) is 7.07. The molecule has 0 spiro atoms. The van der Waals surface area contributed by atoms with Crippen molar-refractivity contribution in [2.24, 2.45) is 5.92 Å². The lowest BCUT2D eigenvalue weighted by molar-refractivity contribution is 0.0490. The number of aryl methyl sites for hydroxylation is 2. The normalized spacial score (nSPS) is 19.8. The highest BCUT2D eigenvalue weighted by Gasteiger charge is 2.34. The number of hydrogen-bond acceptors (Lipinski definition) is 5. The fourth-order valence-electron chi connectivity index (χ4n) is 4.81. The van der Waals surface area contributed by atoms with Gasteiger partial charge >= 0.3 is 0 Å². The van der Waals surface area contributed by atoms with Gasteiger partial charge < -0.3 is 14.5 Å². The monoisotopic (exact) mass is 471 g/mol. The lowest BCUT2D eigenvalue weighted by Crippen LogP contribution is -2.39. The minimum atomic E-state index is -0.417. The van der Waals surface area contributed by atoms with Crippen LogP contribution in [0.3, 0.4) is 0 Å². The first kappa shape index (κ1) is 22.1. The molecular formula is C24H27ClFN5O2. The van der Waals surface area contributed by atoms with Crippen molar-refractivity contribution in [2.75, 3.05) is 20.6 Å². The largest absolute Gasteiger partial charge is 0.489 e. The van der Waals surface area contributed by atoms with Crippen molar-refractivity contribution < 1.29 is 13.9 Å². The summed E-state index contributed by atoms with van der Waals surface area (Å²) in [6.07, 6.45) is 1.81. The van der Waals surface area contributed by atoms with Gasteiger partial charge in [-0.05, 0) is 58.8 Å². The average molecular weight is 472 g/mol. The molecule has 7 nitrogen and oxygen atoms in total. The molecule has 3 heterocycles. The van der Waals surface area contributed by atoms with Gasteiger partial charge in [-0.1, -0.05) is 11.6 Å². The summed E-state index contributed by atoms with van der Waals surface area (Å²) in [7, 11) is 4.10. The van der Waals surface area contributed by atoms with Gasteiger partial charge in [-0.2, -0.15) is 5.10 Å². The third-order valence-electron chi connectivity index (χ3n) is 6.53. The lowest BCUT2D eigenvalue weighted by Gasteiger charge is -2.37. The Balaban J connectivity index is 1.35. The first-order valence-electron chi connectivity index (χ1n) is 11.1. The number of ether oxygens (including phenoxy) is 1. The molecule has 5 rings (SSSR count). The fraction of sp³-hybridized carbons (Fsp3) is 0.458. The van der Waals surface area contributed by atoms with Gasteiger partial charge in [0.2, 0.25) is 0 Å². The van der Waals surface area contributed by atoms with Crippen LogP contribution in [0.1, 0.15) is 45.8 Å². The molecule has 1 fully saturated rings. The quantitative estimate of drug-likeness (QED) is 0.562. The maximum Gasteiger partial charge on any atom is 0.258 e. The van der Waals surface area contributed by atoms with Crippen molar-refractivity contribution in [2.45, 2.75) is 45.9 Å². The topological polar surface area (TPSA) is 63.0 Å². The number of halogens is 2. The molecule has 0 unspecified atom stereocenters. The molecule has 174 valence electrons. The van der Waals surface area contributed by atoms with Crippen molar-refractivity contribution in [1.82, 2.24) is 24.4 Å². The minimum absolute atomic E-state index is 0.00295. The van der Waals surface area contributed by atoms with Gasteiger partial charge in [0.25, 0.3) is 5.91 Å². The number of aromatic nitrogens is 3. The van der Waals surface area contributed by atoms with Gasteiger partial charge in [0.1, 0.15) is 11.6 Å². The summed E-state index contributed by atoms with van der Waals surface area (Å²) in [5.74, 6) is 0.257. The summed E-state index contributed by atoms with van der Waals surface area (Å²) in [5.41, 5.74) is 4.37. The molecule has 0 atom stereocenters. The van der Waals surface area contributed by atoms with Crippen LogP contribution >= 0.6 is 11.6 Å². The van der Waals surface area contributed by atoms with E-state index < -0.39 is 5.82 Å². The molecule has 1 amide bonds. The van der Waals surface area contributed by atoms with Crippen LogP contribution in [0.15, 0.2) is 18.2 Å². The number of amides is 1. The molecule has 0 bridgehead atoms. The van der Waals surface area contributed by atoms with E-state index in [-0.39, 0.29) is 12.0 Å². The van der Waals surface area contributed by atoms with E-state index in [0.29, 0.717) is 35.3 Å². The Bertz CT molecular complexity index is 1250. The average Bonchev–Trinajstić information content (AvgIpc) is 3.29. The predicted octanol–water partition coefficient (Wildman–Crippen LogP) is 4.01. The molecule has 9 heteroatoms. The zero-order valence-corrected chi connectivity index (χ0v) is 20.0. The van der Waals surface area contributed by atoms with E-state index in [1.54, 1.807) is 9.42 Å². The highest BCUT2D eigenvalue weighted by atomic mass is 35.5. The maximum absolute atomic E-state index is 14.0. The number of hydrogen-bond donors (Lipinski definition) is 0. The Morgan fingerprint density at radius 2 is 2.03 bits per heavy atom. The predicted molar refractivity (Wildman–Crippen MR) is 123 cm³/mol. The molecule has 0 radical (unpaired) electrons. The van der Waals surface area contributed by atoms with Crippen molar-refractivity contribution in [3.8, 4) is 5.75 Å². The van der Waals surface area contributed by atoms with Crippen molar-refractivity contribution >= 4 is 23.2 Å². The van der Waals surface area contributed by atoms with Crippen molar-refractivity contribution in [1.29, 1.82) is 0 Å². The molecule has 2 aliphatic rings. The molecule has 2 aromatic heterocycles. The van der Waals surface area contributed by atoms with Crippen LogP contribution in [0.5, 0.6) is 5.75 Å². The van der Waals surface area contributed by atoms with Gasteiger partial charge in [-0.25, -0.2) is 13.9 Å². The van der Waals surface area contributed by atoms with E-state index in [0.717, 1.165) is 47.7 Å². The second kappa shape index (κ2) is 8.25. The van der Waals surface area contributed by atoms with Crippen molar-refractivity contribution in [3.05, 3.63) is 57.2 Å². The second-order valence-corrected chi connectivity index (χ2v) is 9.78. The van der Waals surface area contributed by atoms with Gasteiger partial charge in [0, 0.05) is 18.2 Å². The van der Waals surface area contributed by atoms with Crippen LogP contribution in [0.25, 0.3) is 5.65 Å². The number of benzene rings is 1. The van der Waals surface area contributed by atoms with Crippen LogP contribution in [0.2, 0.25) is 5.02 Å². The van der Waals surface area contributed by atoms with E-state index in [9.17, 15) is 9.18 Å². The molecule has 1 aliphatic carbocycles. The Morgan fingerprint density at radius 3 is 2.76 bits per heavy atom. The van der Waals surface area contributed by atoms with Crippen LogP contribution in [0.4, 0.5) is 4.39 Å². The molecule has 0 saturated heterocycles. The summed E-state index contributed by atoms with van der Waals surface area (Å²) in [5, 5.41) is 5.23. The standard InChI is InChI=1S/C24H27ClFN5O2/c1-13-22(25)14(2)31-23(27-13)19-11-30(12-20(19)28-31)24(32)18-6-5-16(26)9-21(18)33-17-7-15(8-17)10-29(3)4/h5-6,9,15,17H,7-8,10-12H2,1-4H3. The van der Waals surface area contributed by atoms with Crippen LogP contribution in [-0.4, -0.2) is 57.0 Å². The first-order valence-corrected chi connectivity index (χ1v) is 11.5. The highest BCUT2D eigenvalue weighted by Crippen LogP contribution is 2.35. The Morgan fingerprint density at radius 1 is 1.27 bits per heavy atom. The summed E-state index contributed by atoms with van der Waals surface area (Å²) in [6, 6.07) is 4.13. The Hall–Kier alpha value is -2.71. The molecule has 1 aromatic carbocycles. The zero-order chi connectivity index (χ0) is 23.4. The number of nitrogens with zero attached hydrogens (tertiary/aromatic N) is 5. The summed E-state index contributed by atoms with van der Waals surface area (Å²) in [6.45, 7) is 5.51. The van der Waals surface area contributed by atoms with Crippen molar-refractivity contribution in [3.63, 3.8) is 0 Å². The zero-order valence-electron chi connectivity index (χ0n) is 19.2. The summed E-state index contributed by atoms with van der Waals surface area (Å²) in [4.78, 5) is 21.9. The van der Waals surface area contributed by atoms with Crippen LogP contribution < -0.4 is 4.74 Å². The summed E-state index contributed by atoms with van der Waals surface area (Å²) < 4.78 is 21.8. The molecule has 0 N–H and O–H groups in total. The van der Waals surface area contributed by atoms with E-state index in [1.165, 1.54) is 18.2 Å². The maximum atomic E-state index is 14.0. The molecule has 1 aliphatic heterocycles. The number of carbonyl (C=O) groups is 1. The summed E-state index contributed by atoms with van der Waals surface area (Å²) >= 11 is 6.33. The number of rotatable bonds is 5. The smallest absolute Gasteiger partial charge is 0.258 e. The molecular weight excluding hydrogens is 445 g/mol. The van der Waals surface area contributed by atoms with Gasteiger partial charge in [0.15, 0.2) is 5.65 Å². The Kier molecular flexibility index (Phi) is 5.53. The van der Waals surface area contributed by atoms with Crippen LogP contribution in [0, 0.1) is 25.6 Å². The lowest BCUT2D eigenvalue weighted by atomic mass is 9.82. The van der Waals surface area contributed by atoms with E-state index >= 15 is 0 Å². The number of carbonyl (C=O) groups excluding carboxylic acids is 1. The third kappa shape index (κ3) is 3.95. The molecule has 33 heavy (non-hydrogen) atoms. The molecule has 1 saturated carbocycles. The van der Waals surface area contributed by atoms with E-state index in [1.807, 2.05) is 13.8 Å². The van der Waals surface area contributed by atoms with Gasteiger partial charge in [-0.3, -0.25) is 4.79 Å². The first-order chi connectivity index (χ1) is 15.7.